The fourth-order valence-electron chi connectivity index (χ4n) is 2.84. The molecule has 22 heavy (non-hydrogen) atoms. The Kier molecular flexibility index (Phi) is 4.49. The van der Waals surface area contributed by atoms with Crippen molar-refractivity contribution in [2.75, 3.05) is 13.1 Å². The second kappa shape index (κ2) is 6.54. The van der Waals surface area contributed by atoms with Crippen LogP contribution in [0.2, 0.25) is 0 Å². The van der Waals surface area contributed by atoms with Gasteiger partial charge in [0.1, 0.15) is 0 Å². The monoisotopic (exact) mass is 317 g/mol. The number of pyridine rings is 1. The lowest BCUT2D eigenvalue weighted by Gasteiger charge is -2.15. The Labute approximate surface area is 133 Å². The Morgan fingerprint density at radius 3 is 2.86 bits per heavy atom. The van der Waals surface area contributed by atoms with E-state index in [-0.39, 0.29) is 11.8 Å². The van der Waals surface area contributed by atoms with Crippen LogP contribution in [0, 0.1) is 12.8 Å². The van der Waals surface area contributed by atoms with Crippen LogP contribution in [0.4, 0.5) is 0 Å². The third-order valence-corrected chi connectivity index (χ3v) is 4.83. The van der Waals surface area contributed by atoms with E-state index in [1.807, 2.05) is 24.4 Å². The first-order valence-corrected chi connectivity index (χ1v) is 8.25. The number of likely N-dealkylation sites (tertiary alicyclic amines) is 1. The van der Waals surface area contributed by atoms with Crippen LogP contribution in [-0.4, -0.2) is 45.1 Å². The molecule has 0 spiro atoms. The van der Waals surface area contributed by atoms with Gasteiger partial charge in [-0.2, -0.15) is 0 Å². The molecule has 2 atom stereocenters. The van der Waals surface area contributed by atoms with Gasteiger partial charge in [-0.3, -0.25) is 9.78 Å². The molecule has 0 aliphatic carbocycles. The molecule has 3 heterocycles. The maximum absolute atomic E-state index is 12.3. The van der Waals surface area contributed by atoms with Crippen molar-refractivity contribution in [3.8, 4) is 0 Å². The quantitative estimate of drug-likeness (QED) is 0.927. The minimum atomic E-state index is -0.464. The number of rotatable bonds is 4. The summed E-state index contributed by atoms with van der Waals surface area (Å²) in [6.45, 7) is 2.95. The average molecular weight is 317 g/mol. The van der Waals surface area contributed by atoms with Crippen LogP contribution in [0.15, 0.2) is 29.9 Å². The molecule has 0 aromatic carbocycles. The molecule has 1 amide bonds. The van der Waals surface area contributed by atoms with Gasteiger partial charge in [0.25, 0.3) is 0 Å². The van der Waals surface area contributed by atoms with E-state index in [1.54, 1.807) is 28.6 Å². The molecule has 1 fully saturated rings. The number of hydrogen-bond donors (Lipinski definition) is 1. The zero-order valence-electron chi connectivity index (χ0n) is 12.5. The van der Waals surface area contributed by atoms with Crippen molar-refractivity contribution in [2.24, 2.45) is 5.92 Å². The molecule has 0 saturated carbocycles. The predicted octanol–water partition coefficient (Wildman–Crippen LogP) is 1.45. The van der Waals surface area contributed by atoms with Crippen molar-refractivity contribution in [1.82, 2.24) is 14.9 Å². The highest BCUT2D eigenvalue weighted by Gasteiger charge is 2.33. The minimum Gasteiger partial charge on any atom is -0.391 e. The molecular weight excluding hydrogens is 298 g/mol. The number of aliphatic hydroxyl groups excluding tert-OH is 1. The molecule has 0 unspecified atom stereocenters. The summed E-state index contributed by atoms with van der Waals surface area (Å²) in [5.41, 5.74) is 1.96. The molecule has 1 N–H and O–H groups in total. The van der Waals surface area contributed by atoms with E-state index in [2.05, 4.69) is 9.97 Å². The molecule has 0 radical (unpaired) electrons. The average Bonchev–Trinajstić information content (AvgIpc) is 3.07. The Morgan fingerprint density at radius 2 is 2.18 bits per heavy atom. The van der Waals surface area contributed by atoms with Gasteiger partial charge in [-0.1, -0.05) is 0 Å². The van der Waals surface area contributed by atoms with Crippen molar-refractivity contribution in [1.29, 1.82) is 0 Å². The summed E-state index contributed by atoms with van der Waals surface area (Å²) in [6, 6.07) is 3.91. The number of aromatic nitrogens is 2. The number of aryl methyl sites for hydroxylation is 1. The maximum Gasteiger partial charge on any atom is 0.228 e. The zero-order chi connectivity index (χ0) is 15.5. The highest BCUT2D eigenvalue weighted by Crippen LogP contribution is 2.22. The lowest BCUT2D eigenvalue weighted by Crippen LogP contribution is -2.31. The molecule has 1 saturated heterocycles. The number of carbonyl (C=O) groups is 1. The summed E-state index contributed by atoms with van der Waals surface area (Å²) in [5, 5.41) is 13.1. The normalized spacial score (nSPS) is 21.3. The molecule has 2 aromatic rings. The van der Waals surface area contributed by atoms with Crippen LogP contribution in [0.5, 0.6) is 0 Å². The molecule has 116 valence electrons. The van der Waals surface area contributed by atoms with Crippen LogP contribution >= 0.6 is 11.3 Å². The summed E-state index contributed by atoms with van der Waals surface area (Å²) in [5.74, 6) is 0.130. The summed E-state index contributed by atoms with van der Waals surface area (Å²) in [6.07, 6.45) is 4.13. The van der Waals surface area contributed by atoms with Crippen molar-refractivity contribution in [2.45, 2.75) is 25.9 Å². The molecular formula is C16H19N3O2S. The lowest BCUT2D eigenvalue weighted by atomic mass is 9.97. The van der Waals surface area contributed by atoms with E-state index in [0.717, 1.165) is 22.7 Å². The second-order valence-corrected chi connectivity index (χ2v) is 6.78. The highest BCUT2D eigenvalue weighted by atomic mass is 32.1. The van der Waals surface area contributed by atoms with E-state index in [9.17, 15) is 9.90 Å². The first-order valence-electron chi connectivity index (χ1n) is 7.37. The van der Waals surface area contributed by atoms with Gasteiger partial charge in [-0.15, -0.1) is 11.3 Å². The largest absolute Gasteiger partial charge is 0.391 e. The second-order valence-electron chi connectivity index (χ2n) is 5.72. The van der Waals surface area contributed by atoms with Gasteiger partial charge in [0.2, 0.25) is 5.91 Å². The SMILES string of the molecule is Cc1nc(CC(=O)N2C[C@@H](Cc3ccncc3)[C@H](O)C2)cs1. The summed E-state index contributed by atoms with van der Waals surface area (Å²) in [4.78, 5) is 22.4. The van der Waals surface area contributed by atoms with Crippen molar-refractivity contribution >= 4 is 17.2 Å². The van der Waals surface area contributed by atoms with Gasteiger partial charge in [0.05, 0.1) is 23.2 Å². The Balaban J connectivity index is 1.59. The topological polar surface area (TPSA) is 66.3 Å². The molecule has 5 nitrogen and oxygen atoms in total. The molecule has 1 aliphatic rings. The van der Waals surface area contributed by atoms with Gasteiger partial charge >= 0.3 is 0 Å². The fraction of sp³-hybridized carbons (Fsp3) is 0.438. The summed E-state index contributed by atoms with van der Waals surface area (Å²) >= 11 is 1.55. The minimum absolute atomic E-state index is 0.0431. The van der Waals surface area contributed by atoms with E-state index in [1.165, 1.54) is 0 Å². The number of aliphatic hydroxyl groups is 1. The van der Waals surface area contributed by atoms with Gasteiger partial charge in [0.15, 0.2) is 0 Å². The third kappa shape index (κ3) is 3.51. The van der Waals surface area contributed by atoms with Gasteiger partial charge in [-0.25, -0.2) is 4.98 Å². The van der Waals surface area contributed by atoms with Gasteiger partial charge in [0, 0.05) is 36.8 Å². The van der Waals surface area contributed by atoms with E-state index in [4.69, 9.17) is 0 Å². The Bertz CT molecular complexity index is 644. The number of nitrogens with zero attached hydrogens (tertiary/aromatic N) is 3. The Morgan fingerprint density at radius 1 is 1.41 bits per heavy atom. The Hall–Kier alpha value is -1.79. The molecule has 0 bridgehead atoms. The number of carbonyl (C=O) groups excluding carboxylic acids is 1. The van der Waals surface area contributed by atoms with Crippen LogP contribution in [0.25, 0.3) is 0 Å². The lowest BCUT2D eigenvalue weighted by molar-refractivity contribution is -0.129. The van der Waals surface area contributed by atoms with Crippen LogP contribution in [0.1, 0.15) is 16.3 Å². The molecule has 6 heteroatoms. The van der Waals surface area contributed by atoms with Gasteiger partial charge in [-0.05, 0) is 31.0 Å². The molecule has 1 aliphatic heterocycles. The zero-order valence-corrected chi connectivity index (χ0v) is 13.3. The van der Waals surface area contributed by atoms with Gasteiger partial charge < -0.3 is 10.0 Å². The van der Waals surface area contributed by atoms with E-state index in [0.29, 0.717) is 19.5 Å². The fourth-order valence-corrected chi connectivity index (χ4v) is 3.45. The van der Waals surface area contributed by atoms with Crippen LogP contribution in [0.3, 0.4) is 0 Å². The maximum atomic E-state index is 12.3. The van der Waals surface area contributed by atoms with Crippen molar-refractivity contribution in [3.05, 3.63) is 46.2 Å². The molecule has 3 rings (SSSR count). The van der Waals surface area contributed by atoms with Crippen molar-refractivity contribution < 1.29 is 9.90 Å². The smallest absolute Gasteiger partial charge is 0.228 e. The van der Waals surface area contributed by atoms with Crippen LogP contribution < -0.4 is 0 Å². The summed E-state index contributed by atoms with van der Waals surface area (Å²) < 4.78 is 0. The van der Waals surface area contributed by atoms with E-state index < -0.39 is 6.10 Å². The van der Waals surface area contributed by atoms with E-state index >= 15 is 0 Å². The number of β-amino-alcohol motifs (C(OH)–C–C–N with tert-alkyl or cyclic N) is 1. The van der Waals surface area contributed by atoms with Crippen LogP contribution in [-0.2, 0) is 17.6 Å². The van der Waals surface area contributed by atoms with Crippen molar-refractivity contribution in [3.63, 3.8) is 0 Å². The molecule has 2 aromatic heterocycles. The highest BCUT2D eigenvalue weighted by molar-refractivity contribution is 7.09. The number of amides is 1. The first kappa shape index (κ1) is 15.1. The number of thiazole rings is 1. The summed E-state index contributed by atoms with van der Waals surface area (Å²) in [7, 11) is 0. The first-order chi connectivity index (χ1) is 10.6. The number of hydrogen-bond acceptors (Lipinski definition) is 5. The third-order valence-electron chi connectivity index (χ3n) is 4.01. The standard InChI is InChI=1S/C16H19N3O2S/c1-11-18-14(10-22-11)7-16(21)19-8-13(15(20)9-19)6-12-2-4-17-5-3-12/h2-5,10,13,15,20H,6-9H2,1H3/t13-,15-/m1/s1. The predicted molar refractivity (Wildman–Crippen MR) is 84.6 cm³/mol.